The Bertz CT molecular complexity index is 1540. The molecule has 1 aliphatic rings. The van der Waals surface area contributed by atoms with Crippen LogP contribution in [-0.2, 0) is 25.1 Å². The highest BCUT2D eigenvalue weighted by Gasteiger charge is 2.40. The van der Waals surface area contributed by atoms with Gasteiger partial charge in [-0.2, -0.15) is 17.5 Å². The van der Waals surface area contributed by atoms with Gasteiger partial charge in [0.2, 0.25) is 5.92 Å². The largest absolute Gasteiger partial charge is 0.435 e. The molecule has 1 aliphatic heterocycles. The number of rotatable bonds is 7. The van der Waals surface area contributed by atoms with Gasteiger partial charge in [0, 0.05) is 42.8 Å². The van der Waals surface area contributed by atoms with E-state index in [0.29, 0.717) is 0 Å². The predicted octanol–water partition coefficient (Wildman–Crippen LogP) is 6.69. The van der Waals surface area contributed by atoms with E-state index >= 15 is 0 Å². The van der Waals surface area contributed by atoms with Gasteiger partial charge >= 0.3 is 6.18 Å². The molecule has 0 radical (unpaired) electrons. The third-order valence-corrected chi connectivity index (χ3v) is 14.0. The lowest BCUT2D eigenvalue weighted by Crippen LogP contribution is -2.42. The van der Waals surface area contributed by atoms with Crippen LogP contribution in [0.3, 0.4) is 0 Å². The molecule has 0 aliphatic carbocycles. The number of hydrogen-bond donors (Lipinski definition) is 1. The van der Waals surface area contributed by atoms with Crippen LogP contribution in [0, 0.1) is 6.92 Å². The highest BCUT2D eigenvalue weighted by atomic mass is 32.2. The minimum absolute atomic E-state index is 0.0336. The highest BCUT2D eigenvalue weighted by molar-refractivity contribution is 7.93. The van der Waals surface area contributed by atoms with Crippen LogP contribution in [0.25, 0.3) is 0 Å². The van der Waals surface area contributed by atoms with Crippen molar-refractivity contribution < 1.29 is 40.2 Å². The average molecular weight is 664 g/mol. The molecule has 9 nitrogen and oxygen atoms in total. The van der Waals surface area contributed by atoms with E-state index in [4.69, 9.17) is 4.43 Å². The summed E-state index contributed by atoms with van der Waals surface area (Å²) in [6.07, 6.45) is -4.61. The molecule has 0 bridgehead atoms. The molecular weight excluding hydrogens is 625 g/mol. The van der Waals surface area contributed by atoms with E-state index in [1.165, 1.54) is 35.4 Å². The second kappa shape index (κ2) is 12.8. The summed E-state index contributed by atoms with van der Waals surface area (Å²) in [6, 6.07) is 5.59. The summed E-state index contributed by atoms with van der Waals surface area (Å²) in [5.74, 6) is -4.92. The second-order valence-electron chi connectivity index (χ2n) is 12.4. The maximum Gasteiger partial charge on any atom is 0.435 e. The fraction of sp³-hybridized carbons (Fsp3) is 0.571. The zero-order valence-electron chi connectivity index (χ0n) is 25.8. The second-order valence-corrected chi connectivity index (χ2v) is 19.5. The molecule has 2 heterocycles. The summed E-state index contributed by atoms with van der Waals surface area (Å²) >= 11 is 0. The zero-order valence-corrected chi connectivity index (χ0v) is 27.6. The van der Waals surface area contributed by atoms with Gasteiger partial charge < -0.3 is 14.6 Å². The number of halogens is 5. The molecular formula is C28H38F5N5O4SSi. The Kier molecular flexibility index (Phi) is 10.3. The van der Waals surface area contributed by atoms with Crippen molar-refractivity contribution in [1.82, 2.24) is 10.2 Å². The molecule has 2 amide bonds. The predicted molar refractivity (Wildman–Crippen MR) is 160 cm³/mol. The third-order valence-electron chi connectivity index (χ3n) is 7.88. The van der Waals surface area contributed by atoms with Crippen molar-refractivity contribution in [2.45, 2.75) is 82.1 Å². The van der Waals surface area contributed by atoms with Gasteiger partial charge in [-0.15, -0.1) is 10.2 Å². The van der Waals surface area contributed by atoms with Gasteiger partial charge in [0.25, 0.3) is 11.8 Å². The molecule has 16 heteroatoms. The quantitative estimate of drug-likeness (QED) is 0.260. The SMILES string of the molecule is Cc1c(C(F)(F)F)nnc(N2CCCC(F)(F)CC2)c1C(=O)Nc1cccc([S@@](C)(=O)=NC(=O)CO[Si](C)(C)C(C)(C)C)c1. The summed E-state index contributed by atoms with van der Waals surface area (Å²) in [6.45, 7) is 10.5. The van der Waals surface area contributed by atoms with E-state index in [0.717, 1.165) is 6.92 Å². The molecule has 2 aromatic rings. The lowest BCUT2D eigenvalue weighted by Gasteiger charge is -2.35. The molecule has 1 N–H and O–H groups in total. The molecule has 1 saturated heterocycles. The van der Waals surface area contributed by atoms with Crippen molar-refractivity contribution in [3.63, 3.8) is 0 Å². The highest BCUT2D eigenvalue weighted by Crippen LogP contribution is 2.37. The van der Waals surface area contributed by atoms with Crippen molar-refractivity contribution in [3.05, 3.63) is 41.1 Å². The number of alkyl halides is 5. The first-order chi connectivity index (χ1) is 20.0. The van der Waals surface area contributed by atoms with Crippen LogP contribution in [-0.4, -0.2) is 66.4 Å². The maximum absolute atomic E-state index is 14.0. The average Bonchev–Trinajstić information content (AvgIpc) is 3.06. The standard InChI is InChI=1S/C28H38F5N5O4SSi/c1-18-22(24(36-35-23(18)28(31,32)33)38-14-9-12-27(29,30)13-15-38)25(40)34-19-10-8-11-20(16-19)43(5,41)37-21(39)17-42-44(6,7)26(2,3)4/h8,10-11,16H,9,12-15,17H2,1-7H3,(H,34,40)/t43-/m1/s1. The van der Waals surface area contributed by atoms with Crippen LogP contribution in [0.1, 0.15) is 61.6 Å². The van der Waals surface area contributed by atoms with Gasteiger partial charge in [0.05, 0.1) is 15.3 Å². The Balaban J connectivity index is 1.93. The number of anilines is 2. The number of hydrogen-bond acceptors (Lipinski definition) is 7. The van der Waals surface area contributed by atoms with Crippen LogP contribution >= 0.6 is 0 Å². The lowest BCUT2D eigenvalue weighted by molar-refractivity contribution is -0.142. The first-order valence-electron chi connectivity index (χ1n) is 13.9. The van der Waals surface area contributed by atoms with E-state index in [9.17, 15) is 35.8 Å². The molecule has 1 aromatic carbocycles. The summed E-state index contributed by atoms with van der Waals surface area (Å²) < 4.78 is 92.3. The minimum atomic E-state index is -4.92. The molecule has 1 atom stereocenters. The number of nitrogens with zero attached hydrogens (tertiary/aromatic N) is 4. The van der Waals surface area contributed by atoms with Gasteiger partial charge in [0.1, 0.15) is 6.61 Å². The van der Waals surface area contributed by atoms with Gasteiger partial charge in [-0.3, -0.25) is 9.59 Å². The van der Waals surface area contributed by atoms with Gasteiger partial charge in [-0.25, -0.2) is 13.0 Å². The first kappa shape index (κ1) is 35.5. The third kappa shape index (κ3) is 8.59. The number of aromatic nitrogens is 2. The molecule has 0 saturated carbocycles. The van der Waals surface area contributed by atoms with E-state index in [2.05, 4.69) is 19.9 Å². The van der Waals surface area contributed by atoms with Crippen LogP contribution in [0.4, 0.5) is 33.5 Å². The topological polar surface area (TPSA) is 114 Å². The summed E-state index contributed by atoms with van der Waals surface area (Å²) in [5.41, 5.74) is -2.31. The van der Waals surface area contributed by atoms with Gasteiger partial charge in [0.15, 0.2) is 19.8 Å². The molecule has 0 unspecified atom stereocenters. The fourth-order valence-electron chi connectivity index (χ4n) is 4.28. The monoisotopic (exact) mass is 663 g/mol. The normalized spacial score (nSPS) is 17.4. The zero-order chi connectivity index (χ0) is 33.3. The number of carbonyl (C=O) groups is 2. The molecule has 1 aromatic heterocycles. The van der Waals surface area contributed by atoms with Crippen molar-refractivity contribution in [1.29, 1.82) is 0 Å². The van der Waals surface area contributed by atoms with E-state index in [-0.39, 0.29) is 47.6 Å². The van der Waals surface area contributed by atoms with E-state index < -0.39 is 71.6 Å². The Hall–Kier alpha value is -2.98. The Morgan fingerprint density at radius 1 is 1.14 bits per heavy atom. The van der Waals surface area contributed by atoms with Crippen LogP contribution in [0.5, 0.6) is 0 Å². The van der Waals surface area contributed by atoms with Crippen LogP contribution in [0.15, 0.2) is 33.5 Å². The van der Waals surface area contributed by atoms with Crippen LogP contribution < -0.4 is 10.2 Å². The smallest absolute Gasteiger partial charge is 0.407 e. The van der Waals surface area contributed by atoms with Crippen LogP contribution in [0.2, 0.25) is 18.1 Å². The molecule has 244 valence electrons. The summed E-state index contributed by atoms with van der Waals surface area (Å²) in [7, 11) is -5.57. The van der Waals surface area contributed by atoms with E-state index in [1.54, 1.807) is 0 Å². The van der Waals surface area contributed by atoms with Crippen molar-refractivity contribution in [2.75, 3.05) is 36.2 Å². The Morgan fingerprint density at radius 3 is 2.41 bits per heavy atom. The Morgan fingerprint density at radius 2 is 1.80 bits per heavy atom. The number of carbonyl (C=O) groups excluding carboxylic acids is 2. The maximum atomic E-state index is 14.0. The molecule has 1 fully saturated rings. The van der Waals surface area contributed by atoms with Gasteiger partial charge in [-0.05, 0) is 55.2 Å². The fourth-order valence-corrected chi connectivity index (χ4v) is 6.42. The minimum Gasteiger partial charge on any atom is -0.407 e. The number of benzene rings is 1. The van der Waals surface area contributed by atoms with Crippen molar-refractivity contribution in [3.8, 4) is 0 Å². The lowest BCUT2D eigenvalue weighted by atomic mass is 10.1. The first-order valence-corrected chi connectivity index (χ1v) is 18.7. The molecule has 44 heavy (non-hydrogen) atoms. The van der Waals surface area contributed by atoms with Crippen molar-refractivity contribution >= 4 is 41.4 Å². The van der Waals surface area contributed by atoms with E-state index in [1.807, 2.05) is 33.9 Å². The Labute approximate surface area is 255 Å². The van der Waals surface area contributed by atoms with Crippen molar-refractivity contribution in [2.24, 2.45) is 4.36 Å². The van der Waals surface area contributed by atoms with Gasteiger partial charge in [-0.1, -0.05) is 26.8 Å². The number of amides is 2. The number of nitrogens with one attached hydrogen (secondary N) is 1. The summed E-state index contributed by atoms with van der Waals surface area (Å²) in [4.78, 5) is 27.5. The molecule has 0 spiro atoms. The molecule has 3 rings (SSSR count). The summed E-state index contributed by atoms with van der Waals surface area (Å²) in [5, 5.41) is 9.29.